The molecule has 0 saturated carbocycles. The first-order chi connectivity index (χ1) is 8.39. The van der Waals surface area contributed by atoms with Crippen LogP contribution in [0.1, 0.15) is 38.4 Å². The number of ketones is 1. The highest BCUT2D eigenvalue weighted by Crippen LogP contribution is 2.36. The van der Waals surface area contributed by atoms with Crippen LogP contribution in [0, 0.1) is 5.41 Å². The molecule has 0 saturated heterocycles. The number of halogens is 1. The van der Waals surface area contributed by atoms with Crippen molar-refractivity contribution in [2.45, 2.75) is 32.8 Å². The molecule has 0 radical (unpaired) electrons. The highest BCUT2D eigenvalue weighted by molar-refractivity contribution is 6.30. The molecule has 18 heavy (non-hydrogen) atoms. The maximum Gasteiger partial charge on any atom is 0.161 e. The van der Waals surface area contributed by atoms with E-state index >= 15 is 0 Å². The van der Waals surface area contributed by atoms with Gasteiger partial charge in [-0.3, -0.25) is 4.79 Å². The molecule has 1 aromatic rings. The third-order valence-corrected chi connectivity index (χ3v) is 3.60. The first kappa shape index (κ1) is 13.3. The fourth-order valence-electron chi connectivity index (χ4n) is 2.21. The van der Waals surface area contributed by atoms with Gasteiger partial charge in [0.05, 0.1) is 0 Å². The Hall–Kier alpha value is -1.12. The van der Waals surface area contributed by atoms with E-state index in [-0.39, 0.29) is 11.2 Å². The molecule has 0 spiro atoms. The second-order valence-corrected chi connectivity index (χ2v) is 5.90. The monoisotopic (exact) mass is 264 g/mol. The molecular formula is C15H17ClO2. The fraction of sp³-hybridized carbons (Fsp3) is 0.400. The number of carbonyl (C=O) groups is 1. The zero-order valence-electron chi connectivity index (χ0n) is 10.6. The molecule has 0 heterocycles. The van der Waals surface area contributed by atoms with E-state index in [2.05, 4.69) is 13.8 Å². The van der Waals surface area contributed by atoms with Gasteiger partial charge in [-0.05, 0) is 29.5 Å². The average molecular weight is 265 g/mol. The van der Waals surface area contributed by atoms with E-state index in [1.54, 1.807) is 24.3 Å². The Morgan fingerprint density at radius 1 is 1.28 bits per heavy atom. The van der Waals surface area contributed by atoms with Gasteiger partial charge < -0.3 is 5.11 Å². The molecular weight excluding hydrogens is 248 g/mol. The zero-order chi connectivity index (χ0) is 13.3. The Kier molecular flexibility index (Phi) is 3.60. The normalized spacial score (nSPS) is 20.4. The number of benzene rings is 1. The van der Waals surface area contributed by atoms with Crippen LogP contribution in [0.15, 0.2) is 35.9 Å². The van der Waals surface area contributed by atoms with Crippen molar-refractivity contribution < 1.29 is 9.90 Å². The van der Waals surface area contributed by atoms with Gasteiger partial charge in [0.15, 0.2) is 5.78 Å². The molecule has 0 aromatic heterocycles. The number of aliphatic hydroxyl groups is 1. The molecule has 1 aliphatic carbocycles. The van der Waals surface area contributed by atoms with Crippen molar-refractivity contribution in [2.24, 2.45) is 5.41 Å². The van der Waals surface area contributed by atoms with Crippen molar-refractivity contribution in [1.29, 1.82) is 0 Å². The molecule has 0 fully saturated rings. The Balaban J connectivity index is 2.32. The molecule has 1 N–H and O–H groups in total. The maximum atomic E-state index is 11.9. The zero-order valence-corrected chi connectivity index (χ0v) is 11.4. The predicted molar refractivity (Wildman–Crippen MR) is 72.5 cm³/mol. The van der Waals surface area contributed by atoms with Crippen LogP contribution < -0.4 is 0 Å². The van der Waals surface area contributed by atoms with Gasteiger partial charge in [0.1, 0.15) is 6.10 Å². The Morgan fingerprint density at radius 3 is 2.50 bits per heavy atom. The highest BCUT2D eigenvalue weighted by Gasteiger charge is 2.30. The van der Waals surface area contributed by atoms with Gasteiger partial charge >= 0.3 is 0 Å². The van der Waals surface area contributed by atoms with Crippen LogP contribution in [0.5, 0.6) is 0 Å². The van der Waals surface area contributed by atoms with Crippen LogP contribution in [0.4, 0.5) is 0 Å². The molecule has 3 heteroatoms. The van der Waals surface area contributed by atoms with Gasteiger partial charge in [-0.25, -0.2) is 0 Å². The summed E-state index contributed by atoms with van der Waals surface area (Å²) in [5.74, 6) is 0.0387. The third kappa shape index (κ3) is 2.82. The molecule has 1 aliphatic rings. The van der Waals surface area contributed by atoms with Gasteiger partial charge in [0, 0.05) is 17.0 Å². The van der Waals surface area contributed by atoms with Crippen LogP contribution in [0.2, 0.25) is 5.02 Å². The minimum Gasteiger partial charge on any atom is -0.384 e. The number of Topliss-reactive ketones (excluding diaryl/α,β-unsaturated/α-hetero) is 1. The van der Waals surface area contributed by atoms with Crippen molar-refractivity contribution in [3.8, 4) is 0 Å². The standard InChI is InChI=1S/C15H17ClO2/c1-15(2)8-7-13(17)12(9-15)14(18)10-3-5-11(16)6-4-10/h3-6,9,14,18H,7-8H2,1-2H3. The molecule has 1 unspecified atom stereocenters. The van der Waals surface area contributed by atoms with E-state index in [0.717, 1.165) is 6.42 Å². The second kappa shape index (κ2) is 4.87. The number of rotatable bonds is 2. The number of allylic oxidation sites excluding steroid dienone is 1. The van der Waals surface area contributed by atoms with E-state index in [1.807, 2.05) is 6.08 Å². The first-order valence-electron chi connectivity index (χ1n) is 6.08. The Morgan fingerprint density at radius 2 is 1.89 bits per heavy atom. The summed E-state index contributed by atoms with van der Waals surface area (Å²) in [6.07, 6.45) is 2.39. The lowest BCUT2D eigenvalue weighted by molar-refractivity contribution is -0.117. The quantitative estimate of drug-likeness (QED) is 0.885. The van der Waals surface area contributed by atoms with E-state index in [1.165, 1.54) is 0 Å². The van der Waals surface area contributed by atoms with Gasteiger partial charge in [-0.15, -0.1) is 0 Å². The minimum absolute atomic E-state index is 0.0311. The number of carbonyl (C=O) groups excluding carboxylic acids is 1. The van der Waals surface area contributed by atoms with Gasteiger partial charge in [0.2, 0.25) is 0 Å². The van der Waals surface area contributed by atoms with Gasteiger partial charge in [-0.1, -0.05) is 43.7 Å². The van der Waals surface area contributed by atoms with E-state index in [9.17, 15) is 9.90 Å². The molecule has 2 rings (SSSR count). The minimum atomic E-state index is -0.852. The lowest BCUT2D eigenvalue weighted by Gasteiger charge is -2.28. The molecule has 0 bridgehead atoms. The molecule has 96 valence electrons. The first-order valence-corrected chi connectivity index (χ1v) is 6.46. The molecule has 0 amide bonds. The Labute approximate surface area is 112 Å². The maximum absolute atomic E-state index is 11.9. The highest BCUT2D eigenvalue weighted by atomic mass is 35.5. The van der Waals surface area contributed by atoms with Gasteiger partial charge in [-0.2, -0.15) is 0 Å². The molecule has 0 aliphatic heterocycles. The fourth-order valence-corrected chi connectivity index (χ4v) is 2.34. The average Bonchev–Trinajstić information content (AvgIpc) is 2.32. The second-order valence-electron chi connectivity index (χ2n) is 5.47. The molecule has 1 atom stereocenters. The van der Waals surface area contributed by atoms with Crippen molar-refractivity contribution in [1.82, 2.24) is 0 Å². The SMILES string of the molecule is CC1(C)C=C(C(O)c2ccc(Cl)cc2)C(=O)CC1. The summed E-state index contributed by atoms with van der Waals surface area (Å²) in [7, 11) is 0. The number of hydrogen-bond acceptors (Lipinski definition) is 2. The van der Waals surface area contributed by atoms with Crippen molar-refractivity contribution in [3.05, 3.63) is 46.5 Å². The predicted octanol–water partition coefficient (Wildman–Crippen LogP) is 3.69. The number of hydrogen-bond donors (Lipinski definition) is 1. The van der Waals surface area contributed by atoms with E-state index < -0.39 is 6.10 Å². The molecule has 2 nitrogen and oxygen atoms in total. The summed E-state index contributed by atoms with van der Waals surface area (Å²) >= 11 is 5.81. The summed E-state index contributed by atoms with van der Waals surface area (Å²) in [6, 6.07) is 6.95. The van der Waals surface area contributed by atoms with Crippen molar-refractivity contribution in [2.75, 3.05) is 0 Å². The van der Waals surface area contributed by atoms with Crippen molar-refractivity contribution in [3.63, 3.8) is 0 Å². The van der Waals surface area contributed by atoms with Crippen molar-refractivity contribution >= 4 is 17.4 Å². The largest absolute Gasteiger partial charge is 0.384 e. The Bertz CT molecular complexity index is 486. The summed E-state index contributed by atoms with van der Waals surface area (Å²) in [5.41, 5.74) is 1.18. The van der Waals surface area contributed by atoms with Crippen LogP contribution in [-0.4, -0.2) is 10.9 Å². The number of aliphatic hydroxyl groups excluding tert-OH is 1. The van der Waals surface area contributed by atoms with Crippen LogP contribution in [-0.2, 0) is 4.79 Å². The lowest BCUT2D eigenvalue weighted by atomic mass is 9.77. The van der Waals surface area contributed by atoms with Crippen LogP contribution in [0.3, 0.4) is 0 Å². The lowest BCUT2D eigenvalue weighted by Crippen LogP contribution is -2.23. The van der Waals surface area contributed by atoms with Crippen LogP contribution >= 0.6 is 11.6 Å². The smallest absolute Gasteiger partial charge is 0.161 e. The van der Waals surface area contributed by atoms with Crippen LogP contribution in [0.25, 0.3) is 0 Å². The molecule has 1 aromatic carbocycles. The third-order valence-electron chi connectivity index (χ3n) is 3.34. The van der Waals surface area contributed by atoms with E-state index in [0.29, 0.717) is 22.6 Å². The summed E-state index contributed by atoms with van der Waals surface area (Å²) in [5, 5.41) is 10.9. The van der Waals surface area contributed by atoms with Gasteiger partial charge in [0.25, 0.3) is 0 Å². The summed E-state index contributed by atoms with van der Waals surface area (Å²) in [6.45, 7) is 4.15. The van der Waals surface area contributed by atoms with E-state index in [4.69, 9.17) is 11.6 Å². The summed E-state index contributed by atoms with van der Waals surface area (Å²) in [4.78, 5) is 11.9. The topological polar surface area (TPSA) is 37.3 Å². The summed E-state index contributed by atoms with van der Waals surface area (Å²) < 4.78 is 0.